The molecular formula is C49H37N5. The fourth-order valence-corrected chi connectivity index (χ4v) is 8.17. The molecule has 0 fully saturated rings. The Morgan fingerprint density at radius 2 is 1.31 bits per heavy atom. The summed E-state index contributed by atoms with van der Waals surface area (Å²) in [6, 6.07) is 45.5. The normalized spacial score (nSPS) is 16.2. The number of fused-ring (bicyclic) bond motifs is 2. The van der Waals surface area contributed by atoms with E-state index in [2.05, 4.69) is 138 Å². The Morgan fingerprint density at radius 3 is 2.09 bits per heavy atom. The van der Waals surface area contributed by atoms with Gasteiger partial charge in [0, 0.05) is 41.5 Å². The number of pyridine rings is 2. The lowest BCUT2D eigenvalue weighted by Crippen LogP contribution is -2.30. The second-order valence-corrected chi connectivity index (χ2v) is 13.7. The van der Waals surface area contributed by atoms with Crippen molar-refractivity contribution < 1.29 is 0 Å². The Balaban J connectivity index is 1.08. The first-order chi connectivity index (χ1) is 26.6. The number of allylic oxidation sites excluding steroid dienone is 7. The third-order valence-corrected chi connectivity index (χ3v) is 10.6. The zero-order chi connectivity index (χ0) is 36.5. The van der Waals surface area contributed by atoms with Gasteiger partial charge in [-0.15, -0.1) is 0 Å². The standard InChI is InChI=1S/C49H37N5/c1-3-11-33(2)46-52-47(54-48(53-46)39-14-10-27-51-32-39)35-21-19-34(20-22-35)36-12-9-13-37(30-36)38-23-24-45-43(31-38)42-17-7-8-18-44(42)49(45,40-15-5-4-6-16-40)41-25-28-50-29-26-41/h3-22,25-32H,2,23-24H2,1H3/b11-3-. The van der Waals surface area contributed by atoms with Crippen molar-refractivity contribution in [1.29, 1.82) is 0 Å². The average Bonchev–Trinajstić information content (AvgIpc) is 3.55. The number of benzene rings is 4. The van der Waals surface area contributed by atoms with Crippen molar-refractivity contribution in [2.45, 2.75) is 25.2 Å². The fourth-order valence-electron chi connectivity index (χ4n) is 8.17. The summed E-state index contributed by atoms with van der Waals surface area (Å²) in [6.45, 7) is 6.14. The van der Waals surface area contributed by atoms with Crippen LogP contribution in [0.4, 0.5) is 0 Å². The molecule has 0 spiro atoms. The van der Waals surface area contributed by atoms with Crippen molar-refractivity contribution in [3.05, 3.63) is 216 Å². The fraction of sp³-hybridized carbons (Fsp3) is 0.0816. The minimum absolute atomic E-state index is 0.361. The molecule has 258 valence electrons. The molecule has 5 nitrogen and oxygen atoms in total. The zero-order valence-electron chi connectivity index (χ0n) is 30.0. The molecule has 0 amide bonds. The highest BCUT2D eigenvalue weighted by molar-refractivity contribution is 5.96. The molecule has 0 N–H and O–H groups in total. The zero-order valence-corrected chi connectivity index (χ0v) is 30.0. The van der Waals surface area contributed by atoms with Gasteiger partial charge < -0.3 is 0 Å². The number of hydrogen-bond acceptors (Lipinski definition) is 5. The highest BCUT2D eigenvalue weighted by Gasteiger charge is 2.47. The van der Waals surface area contributed by atoms with Crippen LogP contribution in [0.3, 0.4) is 0 Å². The lowest BCUT2D eigenvalue weighted by Gasteiger charge is -2.36. The Kier molecular flexibility index (Phi) is 8.52. The monoisotopic (exact) mass is 695 g/mol. The first kappa shape index (κ1) is 33.0. The molecule has 2 aliphatic carbocycles. The van der Waals surface area contributed by atoms with E-state index in [0.29, 0.717) is 17.5 Å². The van der Waals surface area contributed by atoms with Crippen LogP contribution >= 0.6 is 0 Å². The molecule has 1 atom stereocenters. The second-order valence-electron chi connectivity index (χ2n) is 13.7. The Bertz CT molecular complexity index is 2560. The van der Waals surface area contributed by atoms with Crippen molar-refractivity contribution in [1.82, 2.24) is 24.9 Å². The molecule has 0 saturated carbocycles. The van der Waals surface area contributed by atoms with Gasteiger partial charge in [0.2, 0.25) is 0 Å². The molecule has 3 aromatic heterocycles. The maximum Gasteiger partial charge on any atom is 0.165 e. The molecule has 3 heterocycles. The topological polar surface area (TPSA) is 64.5 Å². The van der Waals surface area contributed by atoms with Crippen molar-refractivity contribution in [3.63, 3.8) is 0 Å². The molecule has 0 radical (unpaired) electrons. The van der Waals surface area contributed by atoms with E-state index in [9.17, 15) is 0 Å². The lowest BCUT2D eigenvalue weighted by atomic mass is 9.65. The van der Waals surface area contributed by atoms with Gasteiger partial charge >= 0.3 is 0 Å². The second kappa shape index (κ2) is 13.9. The van der Waals surface area contributed by atoms with E-state index in [1.807, 2.05) is 43.6 Å². The molecule has 2 aliphatic rings. The van der Waals surface area contributed by atoms with Gasteiger partial charge in [-0.2, -0.15) is 0 Å². The largest absolute Gasteiger partial charge is 0.265 e. The summed E-state index contributed by atoms with van der Waals surface area (Å²) < 4.78 is 0. The molecule has 54 heavy (non-hydrogen) atoms. The van der Waals surface area contributed by atoms with Gasteiger partial charge in [-0.1, -0.05) is 122 Å². The highest BCUT2D eigenvalue weighted by atomic mass is 15.0. The van der Waals surface area contributed by atoms with Crippen molar-refractivity contribution >= 4 is 16.7 Å². The van der Waals surface area contributed by atoms with E-state index < -0.39 is 0 Å². The van der Waals surface area contributed by atoms with Crippen LogP contribution in [-0.2, 0) is 5.41 Å². The minimum atomic E-state index is -0.361. The van der Waals surface area contributed by atoms with Crippen molar-refractivity contribution in [2.75, 3.05) is 0 Å². The summed E-state index contributed by atoms with van der Waals surface area (Å²) in [5, 5.41) is 0. The van der Waals surface area contributed by atoms with E-state index >= 15 is 0 Å². The summed E-state index contributed by atoms with van der Waals surface area (Å²) in [5.41, 5.74) is 15.0. The van der Waals surface area contributed by atoms with Crippen molar-refractivity contribution in [2.24, 2.45) is 0 Å². The summed E-state index contributed by atoms with van der Waals surface area (Å²) in [6.07, 6.45) is 15.6. The third-order valence-electron chi connectivity index (χ3n) is 10.6. The van der Waals surface area contributed by atoms with Gasteiger partial charge in [0.25, 0.3) is 0 Å². The summed E-state index contributed by atoms with van der Waals surface area (Å²) >= 11 is 0. The van der Waals surface area contributed by atoms with Crippen LogP contribution in [-0.4, -0.2) is 24.9 Å². The molecule has 9 rings (SSSR count). The maximum atomic E-state index is 4.84. The Hall–Kier alpha value is -6.85. The van der Waals surface area contributed by atoms with Crippen LogP contribution < -0.4 is 0 Å². The quantitative estimate of drug-likeness (QED) is 0.148. The van der Waals surface area contributed by atoms with Gasteiger partial charge in [-0.3, -0.25) is 9.97 Å². The molecule has 5 heteroatoms. The molecule has 1 unspecified atom stereocenters. The van der Waals surface area contributed by atoms with E-state index in [1.165, 1.54) is 44.5 Å². The number of hydrogen-bond donors (Lipinski definition) is 0. The third kappa shape index (κ3) is 5.71. The minimum Gasteiger partial charge on any atom is -0.265 e. The number of nitrogens with zero attached hydrogens (tertiary/aromatic N) is 5. The molecule has 4 aromatic carbocycles. The molecular weight excluding hydrogens is 659 g/mol. The number of rotatable bonds is 8. The van der Waals surface area contributed by atoms with Crippen LogP contribution in [0, 0.1) is 0 Å². The highest BCUT2D eigenvalue weighted by Crippen LogP contribution is 2.58. The first-order valence-electron chi connectivity index (χ1n) is 18.3. The number of aromatic nitrogens is 5. The van der Waals surface area contributed by atoms with E-state index in [4.69, 9.17) is 15.0 Å². The van der Waals surface area contributed by atoms with Crippen LogP contribution in [0.25, 0.3) is 50.6 Å². The predicted molar refractivity (Wildman–Crippen MR) is 219 cm³/mol. The van der Waals surface area contributed by atoms with Gasteiger partial charge in [0.15, 0.2) is 17.5 Å². The molecule has 0 bridgehead atoms. The van der Waals surface area contributed by atoms with Crippen LogP contribution in [0.5, 0.6) is 0 Å². The summed E-state index contributed by atoms with van der Waals surface area (Å²) in [5.74, 6) is 1.70. The first-order valence-corrected chi connectivity index (χ1v) is 18.3. The van der Waals surface area contributed by atoms with Gasteiger partial charge in [0.1, 0.15) is 0 Å². The summed E-state index contributed by atoms with van der Waals surface area (Å²) in [7, 11) is 0. The molecule has 0 aliphatic heterocycles. The van der Waals surface area contributed by atoms with E-state index in [1.54, 1.807) is 12.4 Å². The molecule has 7 aromatic rings. The van der Waals surface area contributed by atoms with Crippen molar-refractivity contribution in [3.8, 4) is 33.9 Å². The van der Waals surface area contributed by atoms with Gasteiger partial charge in [0.05, 0.1) is 5.41 Å². The van der Waals surface area contributed by atoms with Crippen LogP contribution in [0.2, 0.25) is 0 Å². The predicted octanol–water partition coefficient (Wildman–Crippen LogP) is 11.2. The van der Waals surface area contributed by atoms with Crippen LogP contribution in [0.1, 0.15) is 53.4 Å². The van der Waals surface area contributed by atoms with Gasteiger partial charge in [-0.25, -0.2) is 15.0 Å². The van der Waals surface area contributed by atoms with E-state index in [0.717, 1.165) is 40.7 Å². The Labute approximate surface area is 315 Å². The molecule has 0 saturated heterocycles. The maximum absolute atomic E-state index is 4.84. The smallest absolute Gasteiger partial charge is 0.165 e. The average molecular weight is 696 g/mol. The lowest BCUT2D eigenvalue weighted by molar-refractivity contribution is 0.698. The SMILES string of the molecule is C=C(/C=C\C)c1nc(-c2ccc(-c3cccc(C4=CC5=C(CC4)C(c4ccccc4)(c4ccncc4)c4ccccc45)c3)cc2)nc(-c2cccnc2)n1. The van der Waals surface area contributed by atoms with E-state index in [-0.39, 0.29) is 5.41 Å². The van der Waals surface area contributed by atoms with Gasteiger partial charge in [-0.05, 0) is 106 Å². The Morgan fingerprint density at radius 1 is 0.611 bits per heavy atom. The summed E-state index contributed by atoms with van der Waals surface area (Å²) in [4.78, 5) is 23.0. The van der Waals surface area contributed by atoms with Crippen LogP contribution in [0.15, 0.2) is 183 Å².